The first-order chi connectivity index (χ1) is 8.90. The normalized spacial score (nSPS) is 11.1. The van der Waals surface area contributed by atoms with Gasteiger partial charge in [0.05, 0.1) is 17.3 Å². The smallest absolute Gasteiger partial charge is 0.135 e. The van der Waals surface area contributed by atoms with E-state index in [0.29, 0.717) is 5.56 Å². The maximum Gasteiger partial charge on any atom is 0.135 e. The highest BCUT2D eigenvalue weighted by molar-refractivity contribution is 9.10. The first-order valence-electron chi connectivity index (χ1n) is 5.96. The van der Waals surface area contributed by atoms with Gasteiger partial charge in [-0.2, -0.15) is 5.26 Å². The highest BCUT2D eigenvalue weighted by atomic mass is 79.9. The summed E-state index contributed by atoms with van der Waals surface area (Å²) in [4.78, 5) is 9.01. The average molecular weight is 316 g/mol. The lowest BCUT2D eigenvalue weighted by Crippen LogP contribution is -2.16. The van der Waals surface area contributed by atoms with Gasteiger partial charge in [0.15, 0.2) is 0 Å². The van der Waals surface area contributed by atoms with E-state index in [1.807, 2.05) is 24.3 Å². The fourth-order valence-electron chi connectivity index (χ4n) is 1.65. The number of benzene rings is 1. The van der Waals surface area contributed by atoms with Crippen LogP contribution in [0.3, 0.4) is 0 Å². The van der Waals surface area contributed by atoms with E-state index in [1.54, 1.807) is 6.07 Å². The topological polar surface area (TPSA) is 49.6 Å². The van der Waals surface area contributed by atoms with Crippen LogP contribution in [0.1, 0.15) is 32.2 Å². The van der Waals surface area contributed by atoms with Crippen molar-refractivity contribution < 1.29 is 0 Å². The molecule has 19 heavy (non-hydrogen) atoms. The van der Waals surface area contributed by atoms with Crippen LogP contribution in [-0.2, 0) is 5.41 Å². The fourth-order valence-corrected chi connectivity index (χ4v) is 2.03. The molecule has 4 heteroatoms. The van der Waals surface area contributed by atoms with Crippen LogP contribution in [-0.4, -0.2) is 9.97 Å². The molecule has 1 heterocycles. The fraction of sp³-hybridized carbons (Fsp3) is 0.267. The lowest BCUT2D eigenvalue weighted by molar-refractivity contribution is 0.544. The van der Waals surface area contributed by atoms with Gasteiger partial charge in [-0.05, 0) is 34.1 Å². The van der Waals surface area contributed by atoms with E-state index in [9.17, 15) is 0 Å². The minimum absolute atomic E-state index is 0.120. The second kappa shape index (κ2) is 5.10. The highest BCUT2D eigenvalue weighted by Crippen LogP contribution is 2.26. The van der Waals surface area contributed by atoms with Crippen LogP contribution in [0.25, 0.3) is 11.3 Å². The number of nitrogens with zero attached hydrogens (tertiary/aromatic N) is 3. The predicted molar refractivity (Wildman–Crippen MR) is 78.6 cm³/mol. The molecule has 0 aliphatic rings. The van der Waals surface area contributed by atoms with Crippen molar-refractivity contribution in [2.75, 3.05) is 0 Å². The molecule has 1 aromatic carbocycles. The summed E-state index contributed by atoms with van der Waals surface area (Å²) in [5.41, 5.74) is 2.26. The van der Waals surface area contributed by atoms with Crippen LogP contribution in [0.2, 0.25) is 0 Å². The summed E-state index contributed by atoms with van der Waals surface area (Å²) in [6, 6.07) is 11.4. The number of rotatable bonds is 1. The monoisotopic (exact) mass is 315 g/mol. The van der Waals surface area contributed by atoms with Crippen LogP contribution in [0, 0.1) is 11.3 Å². The first-order valence-corrected chi connectivity index (χ1v) is 6.75. The van der Waals surface area contributed by atoms with Gasteiger partial charge in [-0.25, -0.2) is 9.97 Å². The Labute approximate surface area is 121 Å². The Morgan fingerprint density at radius 2 is 1.89 bits per heavy atom. The maximum atomic E-state index is 8.96. The van der Waals surface area contributed by atoms with Crippen molar-refractivity contribution in [3.05, 3.63) is 46.3 Å². The van der Waals surface area contributed by atoms with Crippen LogP contribution in [0.4, 0.5) is 0 Å². The quantitative estimate of drug-likeness (QED) is 0.745. The van der Waals surface area contributed by atoms with Gasteiger partial charge in [0.2, 0.25) is 0 Å². The minimum Gasteiger partial charge on any atom is -0.232 e. The summed E-state index contributed by atoms with van der Waals surface area (Å²) in [5.74, 6) is 0.777. The van der Waals surface area contributed by atoms with E-state index in [-0.39, 0.29) is 5.41 Å². The molecule has 0 spiro atoms. The lowest BCUT2D eigenvalue weighted by atomic mass is 9.95. The number of nitriles is 1. The third kappa shape index (κ3) is 3.18. The summed E-state index contributed by atoms with van der Waals surface area (Å²) in [5, 5.41) is 8.96. The van der Waals surface area contributed by atoms with Crippen molar-refractivity contribution in [2.45, 2.75) is 26.2 Å². The standard InChI is InChI=1S/C15H14BrN3/c1-15(2,3)14-18-12(8-13(16)19-14)11-6-4-5-10(7-11)9-17/h4-8H,1-3H3. The Bertz CT molecular complexity index is 651. The van der Waals surface area contributed by atoms with Gasteiger partial charge in [-0.1, -0.05) is 32.9 Å². The number of halogens is 1. The molecule has 2 rings (SSSR count). The van der Waals surface area contributed by atoms with Gasteiger partial charge in [-0.15, -0.1) is 0 Å². The van der Waals surface area contributed by atoms with Gasteiger partial charge in [-0.3, -0.25) is 0 Å². The van der Waals surface area contributed by atoms with E-state index in [0.717, 1.165) is 21.7 Å². The zero-order valence-corrected chi connectivity index (χ0v) is 12.7. The molecule has 0 N–H and O–H groups in total. The Morgan fingerprint density at radius 3 is 2.53 bits per heavy atom. The summed E-state index contributed by atoms with van der Waals surface area (Å²) >= 11 is 3.42. The molecule has 0 saturated carbocycles. The van der Waals surface area contributed by atoms with Gasteiger partial charge in [0, 0.05) is 11.0 Å². The molecular formula is C15H14BrN3. The molecule has 1 aromatic heterocycles. The van der Waals surface area contributed by atoms with Crippen molar-refractivity contribution >= 4 is 15.9 Å². The maximum absolute atomic E-state index is 8.96. The van der Waals surface area contributed by atoms with Crippen LogP contribution >= 0.6 is 15.9 Å². The van der Waals surface area contributed by atoms with Gasteiger partial charge in [0.25, 0.3) is 0 Å². The zero-order valence-electron chi connectivity index (χ0n) is 11.1. The number of hydrogen-bond acceptors (Lipinski definition) is 3. The molecular weight excluding hydrogens is 302 g/mol. The molecule has 0 bridgehead atoms. The molecule has 0 aliphatic carbocycles. The zero-order chi connectivity index (χ0) is 14.0. The molecule has 96 valence electrons. The van der Waals surface area contributed by atoms with Crippen LogP contribution in [0.5, 0.6) is 0 Å². The van der Waals surface area contributed by atoms with Gasteiger partial charge < -0.3 is 0 Å². The second-order valence-electron chi connectivity index (χ2n) is 5.34. The number of aromatic nitrogens is 2. The molecule has 0 unspecified atom stereocenters. The Kier molecular flexibility index (Phi) is 3.68. The lowest BCUT2D eigenvalue weighted by Gasteiger charge is -2.17. The third-order valence-electron chi connectivity index (χ3n) is 2.65. The average Bonchev–Trinajstić information content (AvgIpc) is 2.37. The van der Waals surface area contributed by atoms with Crippen LogP contribution < -0.4 is 0 Å². The summed E-state index contributed by atoms with van der Waals surface area (Å²) in [6.45, 7) is 6.22. The molecule has 0 aliphatic heterocycles. The van der Waals surface area contributed by atoms with Crippen LogP contribution in [0.15, 0.2) is 34.9 Å². The SMILES string of the molecule is CC(C)(C)c1nc(Br)cc(-c2cccc(C#N)c2)n1. The molecule has 3 nitrogen and oxygen atoms in total. The van der Waals surface area contributed by atoms with E-state index in [1.165, 1.54) is 0 Å². The summed E-state index contributed by atoms with van der Waals surface area (Å²) in [6.07, 6.45) is 0. The van der Waals surface area contributed by atoms with Crippen molar-refractivity contribution in [3.63, 3.8) is 0 Å². The van der Waals surface area contributed by atoms with E-state index >= 15 is 0 Å². The molecule has 0 radical (unpaired) electrons. The van der Waals surface area contributed by atoms with E-state index < -0.39 is 0 Å². The van der Waals surface area contributed by atoms with Crippen molar-refractivity contribution in [2.24, 2.45) is 0 Å². The first kappa shape index (κ1) is 13.7. The second-order valence-corrected chi connectivity index (χ2v) is 6.15. The predicted octanol–water partition coefficient (Wildman–Crippen LogP) is 4.08. The summed E-state index contributed by atoms with van der Waals surface area (Å²) < 4.78 is 0.754. The van der Waals surface area contributed by atoms with Gasteiger partial charge >= 0.3 is 0 Å². The number of hydrogen-bond donors (Lipinski definition) is 0. The Hall–Kier alpha value is -1.73. The largest absolute Gasteiger partial charge is 0.232 e. The van der Waals surface area contributed by atoms with Crippen molar-refractivity contribution in [1.82, 2.24) is 9.97 Å². The third-order valence-corrected chi connectivity index (χ3v) is 3.06. The summed E-state index contributed by atoms with van der Waals surface area (Å²) in [7, 11) is 0. The van der Waals surface area contributed by atoms with Crippen molar-refractivity contribution in [3.8, 4) is 17.3 Å². The Balaban J connectivity index is 2.57. The molecule has 0 atom stereocenters. The molecule has 0 amide bonds. The van der Waals surface area contributed by atoms with Crippen molar-refractivity contribution in [1.29, 1.82) is 5.26 Å². The molecule has 2 aromatic rings. The van der Waals surface area contributed by atoms with E-state index in [2.05, 4.69) is 52.7 Å². The highest BCUT2D eigenvalue weighted by Gasteiger charge is 2.19. The minimum atomic E-state index is -0.120. The Morgan fingerprint density at radius 1 is 1.16 bits per heavy atom. The van der Waals surface area contributed by atoms with Gasteiger partial charge in [0.1, 0.15) is 10.4 Å². The molecule has 0 saturated heterocycles. The van der Waals surface area contributed by atoms with E-state index in [4.69, 9.17) is 5.26 Å². The molecule has 0 fully saturated rings.